The molecule has 4 aromatic carbocycles. The van der Waals surface area contributed by atoms with Gasteiger partial charge in [-0.05, 0) is 54.6 Å². The number of azo groups is 2. The molecule has 0 fully saturated rings. The third-order valence-corrected chi connectivity index (χ3v) is 6.12. The van der Waals surface area contributed by atoms with Crippen molar-refractivity contribution < 1.29 is 14.9 Å². The summed E-state index contributed by atoms with van der Waals surface area (Å²) in [6, 6.07) is 24.4. The molecule has 5 aromatic rings. The highest BCUT2D eigenvalue weighted by atomic mass is 32.1. The third kappa shape index (κ3) is 5.65. The molecule has 0 saturated heterocycles. The van der Waals surface area contributed by atoms with Gasteiger partial charge in [0.05, 0.1) is 28.7 Å². The molecule has 0 atom stereocenters. The Labute approximate surface area is 215 Å². The monoisotopic (exact) mass is 508 g/mol. The van der Waals surface area contributed by atoms with E-state index in [-0.39, 0.29) is 11.5 Å². The van der Waals surface area contributed by atoms with Crippen LogP contribution in [0.2, 0.25) is 0 Å². The largest absolute Gasteiger partial charge is 0.508 e. The van der Waals surface area contributed by atoms with Crippen molar-refractivity contribution in [1.82, 2.24) is 4.98 Å². The van der Waals surface area contributed by atoms with Gasteiger partial charge in [-0.15, -0.1) is 20.5 Å². The van der Waals surface area contributed by atoms with Crippen molar-refractivity contribution in [2.24, 2.45) is 25.4 Å². The summed E-state index contributed by atoms with van der Waals surface area (Å²) in [4.78, 5) is 8.87. The van der Waals surface area contributed by atoms with Gasteiger partial charge in [-0.1, -0.05) is 35.6 Å². The van der Waals surface area contributed by atoms with Crippen LogP contribution in [0.3, 0.4) is 0 Å². The summed E-state index contributed by atoms with van der Waals surface area (Å²) in [6.45, 7) is 0. The van der Waals surface area contributed by atoms with Crippen molar-refractivity contribution in [3.63, 3.8) is 0 Å². The molecular formula is C27H20N6O3S. The maximum absolute atomic E-state index is 10.3. The number of aliphatic imine (C=N–C) groups is 1. The Hall–Kier alpha value is -4.96. The Balaban J connectivity index is 1.40. The Morgan fingerprint density at radius 2 is 1.59 bits per heavy atom. The minimum atomic E-state index is 0.0139. The van der Waals surface area contributed by atoms with Crippen LogP contribution in [0.4, 0.5) is 27.9 Å². The highest BCUT2D eigenvalue weighted by Crippen LogP contribution is 2.35. The van der Waals surface area contributed by atoms with E-state index >= 15 is 0 Å². The summed E-state index contributed by atoms with van der Waals surface area (Å²) < 4.78 is 6.33. The van der Waals surface area contributed by atoms with Crippen LogP contribution in [0.1, 0.15) is 5.56 Å². The molecule has 0 saturated carbocycles. The average Bonchev–Trinajstić information content (AvgIpc) is 3.34. The van der Waals surface area contributed by atoms with Crippen molar-refractivity contribution in [2.75, 3.05) is 7.11 Å². The number of aromatic hydroxyl groups is 2. The molecule has 0 spiro atoms. The number of aromatic nitrogens is 1. The highest BCUT2D eigenvalue weighted by molar-refractivity contribution is 7.21. The minimum Gasteiger partial charge on any atom is -0.508 e. The number of nitrogens with zero attached hydrogens (tertiary/aromatic N) is 6. The fraction of sp³-hybridized carbons (Fsp3) is 0.0370. The van der Waals surface area contributed by atoms with Crippen LogP contribution < -0.4 is 4.74 Å². The predicted molar refractivity (Wildman–Crippen MR) is 144 cm³/mol. The lowest BCUT2D eigenvalue weighted by atomic mass is 10.2. The van der Waals surface area contributed by atoms with E-state index in [2.05, 4.69) is 30.4 Å². The van der Waals surface area contributed by atoms with E-state index in [0.717, 1.165) is 10.2 Å². The molecule has 0 amide bonds. The number of rotatable bonds is 7. The molecule has 0 unspecified atom stereocenters. The van der Waals surface area contributed by atoms with E-state index < -0.39 is 0 Å². The lowest BCUT2D eigenvalue weighted by Crippen LogP contribution is -1.82. The molecule has 9 nitrogen and oxygen atoms in total. The van der Waals surface area contributed by atoms with E-state index in [4.69, 9.17) is 4.74 Å². The summed E-state index contributed by atoms with van der Waals surface area (Å²) >= 11 is 1.44. The molecule has 1 heterocycles. The van der Waals surface area contributed by atoms with Gasteiger partial charge in [-0.25, -0.2) is 4.98 Å². The van der Waals surface area contributed by atoms with Gasteiger partial charge in [-0.3, -0.25) is 4.99 Å². The molecule has 0 radical (unpaired) electrons. The first-order valence-electron chi connectivity index (χ1n) is 11.1. The van der Waals surface area contributed by atoms with Crippen LogP contribution in [0.25, 0.3) is 10.2 Å². The minimum absolute atomic E-state index is 0.0139. The van der Waals surface area contributed by atoms with Crippen LogP contribution in [0, 0.1) is 0 Å². The van der Waals surface area contributed by atoms with Gasteiger partial charge in [0.25, 0.3) is 0 Å². The molecule has 182 valence electrons. The van der Waals surface area contributed by atoms with Crippen LogP contribution in [-0.4, -0.2) is 28.5 Å². The summed E-state index contributed by atoms with van der Waals surface area (Å²) in [6.07, 6.45) is 1.46. The number of ether oxygens (including phenoxy) is 1. The van der Waals surface area contributed by atoms with Crippen LogP contribution in [-0.2, 0) is 0 Å². The zero-order valence-corrected chi connectivity index (χ0v) is 20.4. The molecule has 10 heteroatoms. The average molecular weight is 509 g/mol. The van der Waals surface area contributed by atoms with Crippen molar-refractivity contribution in [2.45, 2.75) is 0 Å². The van der Waals surface area contributed by atoms with Gasteiger partial charge in [0.2, 0.25) is 5.13 Å². The number of hydrogen-bond acceptors (Lipinski definition) is 10. The SMILES string of the molecule is COc1ccccc1N=Nc1ccc(O)cc1N=Cc1cc(N=Nc2nc3ccccc3s2)ccc1O. The third-order valence-electron chi connectivity index (χ3n) is 5.20. The summed E-state index contributed by atoms with van der Waals surface area (Å²) in [5, 5.41) is 37.9. The van der Waals surface area contributed by atoms with Crippen LogP contribution >= 0.6 is 11.3 Å². The Morgan fingerprint density at radius 1 is 0.784 bits per heavy atom. The normalized spacial score (nSPS) is 11.8. The molecule has 2 N–H and O–H groups in total. The molecule has 37 heavy (non-hydrogen) atoms. The predicted octanol–water partition coefficient (Wildman–Crippen LogP) is 8.30. The molecule has 1 aromatic heterocycles. The topological polar surface area (TPSA) is 124 Å². The standard InChI is InChI=1S/C27H20N6O3S/c1-36-25-8-4-2-6-21(25)32-31-20-12-11-19(34)15-23(20)28-16-17-14-18(10-13-24(17)35)30-33-27-29-22-7-3-5-9-26(22)37-27/h2-16,34-35H,1H3. The maximum Gasteiger partial charge on any atom is 0.231 e. The summed E-state index contributed by atoms with van der Waals surface area (Å²) in [5.41, 5.74) is 3.13. The number of hydrogen-bond donors (Lipinski definition) is 2. The number of fused-ring (bicyclic) bond motifs is 1. The summed E-state index contributed by atoms with van der Waals surface area (Å²) in [7, 11) is 1.56. The fourth-order valence-electron chi connectivity index (χ4n) is 3.37. The lowest BCUT2D eigenvalue weighted by Gasteiger charge is -2.04. The quantitative estimate of drug-likeness (QED) is 0.169. The van der Waals surface area contributed by atoms with Crippen LogP contribution in [0.5, 0.6) is 17.2 Å². The first-order valence-corrected chi connectivity index (χ1v) is 11.9. The molecule has 0 aliphatic rings. The van der Waals surface area contributed by atoms with Crippen molar-refractivity contribution in [3.05, 3.63) is 90.5 Å². The van der Waals surface area contributed by atoms with Crippen molar-refractivity contribution >= 4 is 55.6 Å². The van der Waals surface area contributed by atoms with E-state index in [1.165, 1.54) is 35.8 Å². The number of phenols is 2. The Bertz CT molecular complexity index is 1630. The molecule has 5 rings (SSSR count). The second kappa shape index (κ2) is 10.8. The second-order valence-electron chi connectivity index (χ2n) is 7.71. The maximum atomic E-state index is 10.3. The zero-order chi connectivity index (χ0) is 25.6. The van der Waals surface area contributed by atoms with Gasteiger partial charge < -0.3 is 14.9 Å². The van der Waals surface area contributed by atoms with Gasteiger partial charge in [0.15, 0.2) is 0 Å². The van der Waals surface area contributed by atoms with Gasteiger partial charge >= 0.3 is 0 Å². The molecular weight excluding hydrogens is 488 g/mol. The second-order valence-corrected chi connectivity index (χ2v) is 8.72. The highest BCUT2D eigenvalue weighted by Gasteiger charge is 2.06. The molecule has 0 aliphatic heterocycles. The first kappa shape index (κ1) is 23.8. The molecule has 0 aliphatic carbocycles. The van der Waals surface area contributed by atoms with E-state index in [0.29, 0.717) is 39.2 Å². The number of para-hydroxylation sites is 2. The molecule has 0 bridgehead atoms. The summed E-state index contributed by atoms with van der Waals surface area (Å²) in [5.74, 6) is 0.614. The van der Waals surface area contributed by atoms with E-state index in [9.17, 15) is 10.2 Å². The smallest absolute Gasteiger partial charge is 0.231 e. The zero-order valence-electron chi connectivity index (χ0n) is 19.6. The first-order chi connectivity index (χ1) is 18.1. The number of benzene rings is 4. The van der Waals surface area contributed by atoms with Crippen molar-refractivity contribution in [1.29, 1.82) is 0 Å². The van der Waals surface area contributed by atoms with Gasteiger partial charge in [0.1, 0.15) is 28.6 Å². The van der Waals surface area contributed by atoms with Crippen molar-refractivity contribution in [3.8, 4) is 17.2 Å². The lowest BCUT2D eigenvalue weighted by molar-refractivity contribution is 0.416. The fourth-order valence-corrected chi connectivity index (χ4v) is 4.16. The Morgan fingerprint density at radius 3 is 2.46 bits per heavy atom. The van der Waals surface area contributed by atoms with E-state index in [1.807, 2.05) is 36.4 Å². The number of thiazole rings is 1. The van der Waals surface area contributed by atoms with Crippen LogP contribution in [0.15, 0.2) is 110 Å². The van der Waals surface area contributed by atoms with E-state index in [1.54, 1.807) is 37.4 Å². The van der Waals surface area contributed by atoms with Gasteiger partial charge in [-0.2, -0.15) is 0 Å². The number of phenolic OH excluding ortho intramolecular Hbond substituents is 2. The Kier molecular flexibility index (Phi) is 6.91. The number of methoxy groups -OCH3 is 1. The van der Waals surface area contributed by atoms with Gasteiger partial charge in [0, 0.05) is 17.8 Å².